The molecule has 20 heavy (non-hydrogen) atoms. The zero-order valence-electron chi connectivity index (χ0n) is 10.9. The fraction of sp³-hybridized carbons (Fsp3) is 0.333. The van der Waals surface area contributed by atoms with Gasteiger partial charge in [0.05, 0.1) is 11.3 Å². The van der Waals surface area contributed by atoms with E-state index in [1.807, 2.05) is 0 Å². The van der Waals surface area contributed by atoms with Gasteiger partial charge < -0.3 is 10.3 Å². The molecule has 8 heteroatoms. The monoisotopic (exact) mass is 277 g/mol. The summed E-state index contributed by atoms with van der Waals surface area (Å²) in [4.78, 5) is 40.8. The lowest BCUT2D eigenvalue weighted by atomic mass is 10.1. The second-order valence-electron chi connectivity index (χ2n) is 4.34. The fourth-order valence-electron chi connectivity index (χ4n) is 2.13. The lowest BCUT2D eigenvalue weighted by Crippen LogP contribution is -2.59. The number of pyridine rings is 1. The molecule has 1 aliphatic heterocycles. The van der Waals surface area contributed by atoms with Gasteiger partial charge in [-0.2, -0.15) is 0 Å². The van der Waals surface area contributed by atoms with Crippen molar-refractivity contribution in [1.82, 2.24) is 15.2 Å². The second-order valence-corrected chi connectivity index (χ2v) is 4.34. The van der Waals surface area contributed by atoms with Crippen molar-refractivity contribution in [2.24, 2.45) is 5.84 Å². The summed E-state index contributed by atoms with van der Waals surface area (Å²) < 4.78 is 0. The van der Waals surface area contributed by atoms with E-state index in [9.17, 15) is 14.4 Å². The van der Waals surface area contributed by atoms with Crippen LogP contribution in [0.1, 0.15) is 23.7 Å². The molecule has 1 aliphatic rings. The Morgan fingerprint density at radius 1 is 1.60 bits per heavy atom. The molecule has 1 atom stereocenters. The van der Waals surface area contributed by atoms with E-state index in [1.165, 1.54) is 17.3 Å². The Hall–Kier alpha value is -2.48. The quantitative estimate of drug-likeness (QED) is 0.380. The predicted octanol–water partition coefficient (Wildman–Crippen LogP) is -0.756. The number of carbonyl (C=O) groups excluding carboxylic acids is 3. The van der Waals surface area contributed by atoms with Crippen LogP contribution in [0.4, 0.5) is 5.69 Å². The first-order chi connectivity index (χ1) is 9.58. The van der Waals surface area contributed by atoms with Gasteiger partial charge in [-0.15, -0.1) is 0 Å². The van der Waals surface area contributed by atoms with Crippen LogP contribution in [0.3, 0.4) is 0 Å². The van der Waals surface area contributed by atoms with Crippen LogP contribution < -0.4 is 16.6 Å². The molecule has 4 N–H and O–H groups in total. The SMILES string of the molecule is CCC1C(=O)NC(=O)CN1C(=O)c1cnccc1NN. The smallest absolute Gasteiger partial charge is 0.258 e. The van der Waals surface area contributed by atoms with E-state index in [0.717, 1.165) is 0 Å². The lowest BCUT2D eigenvalue weighted by molar-refractivity contribution is -0.138. The van der Waals surface area contributed by atoms with Crippen LogP contribution in [0.2, 0.25) is 0 Å². The number of hydrazine groups is 1. The number of nitrogens with one attached hydrogen (secondary N) is 2. The van der Waals surface area contributed by atoms with Gasteiger partial charge in [-0.25, -0.2) is 0 Å². The van der Waals surface area contributed by atoms with Gasteiger partial charge in [-0.3, -0.25) is 30.5 Å². The third kappa shape index (κ3) is 2.45. The number of nitrogen functional groups attached to an aromatic ring is 1. The van der Waals surface area contributed by atoms with Gasteiger partial charge in [0.15, 0.2) is 0 Å². The molecule has 1 saturated heterocycles. The van der Waals surface area contributed by atoms with Gasteiger partial charge >= 0.3 is 0 Å². The number of amides is 3. The van der Waals surface area contributed by atoms with E-state index >= 15 is 0 Å². The van der Waals surface area contributed by atoms with Crippen molar-refractivity contribution in [1.29, 1.82) is 0 Å². The number of carbonyl (C=O) groups is 3. The van der Waals surface area contributed by atoms with Crippen molar-refractivity contribution in [2.75, 3.05) is 12.0 Å². The maximum absolute atomic E-state index is 12.5. The summed E-state index contributed by atoms with van der Waals surface area (Å²) in [6, 6.07) is 0.867. The summed E-state index contributed by atoms with van der Waals surface area (Å²) in [5.41, 5.74) is 3.00. The van der Waals surface area contributed by atoms with Crippen LogP contribution in [0, 0.1) is 0 Å². The predicted molar refractivity (Wildman–Crippen MR) is 70.3 cm³/mol. The third-order valence-corrected chi connectivity index (χ3v) is 3.11. The van der Waals surface area contributed by atoms with Gasteiger partial charge in [-0.05, 0) is 12.5 Å². The second kappa shape index (κ2) is 5.66. The standard InChI is InChI=1S/C12H15N5O3/c1-2-9-11(19)15-10(18)6-17(9)12(20)7-5-14-4-3-8(7)16-13/h3-5,9H,2,6,13H2,1H3,(H,14,16)(H,15,18,19). The number of imide groups is 1. The van der Waals surface area contributed by atoms with E-state index in [2.05, 4.69) is 15.7 Å². The molecule has 3 amide bonds. The number of anilines is 1. The molecule has 1 aromatic rings. The van der Waals surface area contributed by atoms with Crippen molar-refractivity contribution >= 4 is 23.4 Å². The van der Waals surface area contributed by atoms with Crippen LogP contribution in [-0.2, 0) is 9.59 Å². The normalized spacial score (nSPS) is 18.7. The maximum atomic E-state index is 12.5. The molecular weight excluding hydrogens is 262 g/mol. The Balaban J connectivity index is 2.35. The molecular formula is C12H15N5O3. The van der Waals surface area contributed by atoms with Gasteiger partial charge in [0.25, 0.3) is 5.91 Å². The molecule has 0 saturated carbocycles. The number of hydrogen-bond donors (Lipinski definition) is 3. The van der Waals surface area contributed by atoms with E-state index in [0.29, 0.717) is 12.1 Å². The van der Waals surface area contributed by atoms with E-state index in [4.69, 9.17) is 5.84 Å². The van der Waals surface area contributed by atoms with Crippen LogP contribution in [-0.4, -0.2) is 40.2 Å². The largest absolute Gasteiger partial charge is 0.323 e. The topological polar surface area (TPSA) is 117 Å². The van der Waals surface area contributed by atoms with Gasteiger partial charge in [0.2, 0.25) is 11.8 Å². The van der Waals surface area contributed by atoms with E-state index in [-0.39, 0.29) is 12.1 Å². The first kappa shape index (κ1) is 13.9. The van der Waals surface area contributed by atoms with Crippen LogP contribution >= 0.6 is 0 Å². The van der Waals surface area contributed by atoms with Crippen molar-refractivity contribution in [3.63, 3.8) is 0 Å². The molecule has 2 heterocycles. The highest BCUT2D eigenvalue weighted by Gasteiger charge is 2.36. The summed E-state index contributed by atoms with van der Waals surface area (Å²) in [6.45, 7) is 1.60. The number of rotatable bonds is 3. The highest BCUT2D eigenvalue weighted by molar-refractivity contribution is 6.08. The molecule has 1 fully saturated rings. The average molecular weight is 277 g/mol. The summed E-state index contributed by atoms with van der Waals surface area (Å²) in [7, 11) is 0. The molecule has 0 bridgehead atoms. The van der Waals surface area contributed by atoms with Gasteiger partial charge in [0.1, 0.15) is 12.6 Å². The number of nitrogens with zero attached hydrogens (tertiary/aromatic N) is 2. The molecule has 0 aliphatic carbocycles. The highest BCUT2D eigenvalue weighted by Crippen LogP contribution is 2.18. The first-order valence-electron chi connectivity index (χ1n) is 6.13. The van der Waals surface area contributed by atoms with Crippen molar-refractivity contribution in [3.05, 3.63) is 24.0 Å². The summed E-state index contributed by atoms with van der Waals surface area (Å²) in [5.74, 6) is 3.92. The maximum Gasteiger partial charge on any atom is 0.258 e. The van der Waals surface area contributed by atoms with Crippen molar-refractivity contribution < 1.29 is 14.4 Å². The molecule has 106 valence electrons. The summed E-state index contributed by atoms with van der Waals surface area (Å²) >= 11 is 0. The highest BCUT2D eigenvalue weighted by atomic mass is 16.2. The van der Waals surface area contributed by atoms with Gasteiger partial charge in [0, 0.05) is 12.4 Å². The molecule has 0 aromatic carbocycles. The Kier molecular flexibility index (Phi) is 3.94. The van der Waals surface area contributed by atoms with Crippen LogP contribution in [0.5, 0.6) is 0 Å². The fourth-order valence-corrected chi connectivity index (χ4v) is 2.13. The van der Waals surface area contributed by atoms with Gasteiger partial charge in [-0.1, -0.05) is 6.92 Å². The Bertz CT molecular complexity index is 560. The molecule has 8 nitrogen and oxygen atoms in total. The minimum Gasteiger partial charge on any atom is -0.323 e. The molecule has 2 rings (SSSR count). The molecule has 0 radical (unpaired) electrons. The number of piperazine rings is 1. The van der Waals surface area contributed by atoms with Crippen molar-refractivity contribution in [2.45, 2.75) is 19.4 Å². The Morgan fingerprint density at radius 2 is 2.35 bits per heavy atom. The third-order valence-electron chi connectivity index (χ3n) is 3.11. The average Bonchev–Trinajstić information content (AvgIpc) is 2.45. The van der Waals surface area contributed by atoms with Crippen LogP contribution in [0.25, 0.3) is 0 Å². The zero-order valence-corrected chi connectivity index (χ0v) is 10.9. The number of hydrogen-bond acceptors (Lipinski definition) is 6. The van der Waals surface area contributed by atoms with Crippen LogP contribution in [0.15, 0.2) is 18.5 Å². The minimum atomic E-state index is -0.675. The first-order valence-corrected chi connectivity index (χ1v) is 6.13. The Labute approximate surface area is 115 Å². The lowest BCUT2D eigenvalue weighted by Gasteiger charge is -2.33. The van der Waals surface area contributed by atoms with E-state index in [1.54, 1.807) is 13.0 Å². The minimum absolute atomic E-state index is 0.165. The van der Waals surface area contributed by atoms with Crippen molar-refractivity contribution in [3.8, 4) is 0 Å². The molecule has 1 unspecified atom stereocenters. The zero-order chi connectivity index (χ0) is 14.7. The number of aromatic nitrogens is 1. The summed E-state index contributed by atoms with van der Waals surface area (Å²) in [6.07, 6.45) is 3.25. The molecule has 0 spiro atoms. The summed E-state index contributed by atoms with van der Waals surface area (Å²) in [5, 5.41) is 2.22. The van der Waals surface area contributed by atoms with E-state index < -0.39 is 23.8 Å². The Morgan fingerprint density at radius 3 is 3.00 bits per heavy atom. The number of nitrogens with two attached hydrogens (primary N) is 1. The molecule has 1 aromatic heterocycles.